The van der Waals surface area contributed by atoms with Gasteiger partial charge in [-0.25, -0.2) is 4.79 Å². The van der Waals surface area contributed by atoms with Crippen LogP contribution in [-0.4, -0.2) is 18.9 Å². The molecule has 0 aliphatic rings. The Bertz CT molecular complexity index is 130. The Morgan fingerprint density at radius 1 is 1.40 bits per heavy atom. The van der Waals surface area contributed by atoms with Crippen molar-refractivity contribution in [2.75, 3.05) is 7.11 Å². The number of hydrogen-bond donors (Lipinski definition) is 0. The highest BCUT2D eigenvalue weighted by molar-refractivity contribution is 5.95. The average Bonchev–Trinajstić information content (AvgIpc) is 1.88. The summed E-state index contributed by atoms with van der Waals surface area (Å²) < 4.78 is 0. The molecular formula is C6H10O4. The molecule has 0 aliphatic carbocycles. The summed E-state index contributed by atoms with van der Waals surface area (Å²) in [6, 6.07) is 0. The standard InChI is InChI=1S/C6H10O4/c1-3-5(7)4-6(8)10-9-2/h3-4H2,1-2H3. The Labute approximate surface area is 59.0 Å². The predicted molar refractivity (Wildman–Crippen MR) is 33.0 cm³/mol. The lowest BCUT2D eigenvalue weighted by atomic mass is 10.2. The lowest BCUT2D eigenvalue weighted by Gasteiger charge is -1.95. The van der Waals surface area contributed by atoms with Crippen LogP contribution in [0.1, 0.15) is 19.8 Å². The van der Waals surface area contributed by atoms with E-state index in [1.54, 1.807) is 6.92 Å². The minimum absolute atomic E-state index is 0.151. The number of ketones is 1. The molecule has 0 aromatic rings. The molecule has 0 amide bonds. The van der Waals surface area contributed by atoms with Gasteiger partial charge in [-0.3, -0.25) is 9.68 Å². The van der Waals surface area contributed by atoms with E-state index in [1.165, 1.54) is 7.11 Å². The summed E-state index contributed by atoms with van der Waals surface area (Å²) >= 11 is 0. The first-order valence-electron chi connectivity index (χ1n) is 2.96. The third kappa shape index (κ3) is 4.03. The van der Waals surface area contributed by atoms with Gasteiger partial charge in [-0.15, -0.1) is 0 Å². The van der Waals surface area contributed by atoms with Gasteiger partial charge in [0.05, 0.1) is 7.11 Å². The molecule has 58 valence electrons. The molecule has 0 rings (SSSR count). The van der Waals surface area contributed by atoms with Crippen molar-refractivity contribution < 1.29 is 19.4 Å². The maximum absolute atomic E-state index is 10.5. The van der Waals surface area contributed by atoms with Gasteiger partial charge in [0, 0.05) is 6.42 Å². The molecule has 0 saturated heterocycles. The van der Waals surface area contributed by atoms with Crippen molar-refractivity contribution in [1.82, 2.24) is 0 Å². The van der Waals surface area contributed by atoms with Crippen LogP contribution in [0.5, 0.6) is 0 Å². The first-order valence-corrected chi connectivity index (χ1v) is 2.96. The molecule has 0 aromatic heterocycles. The van der Waals surface area contributed by atoms with Crippen LogP contribution in [-0.2, 0) is 19.4 Å². The summed E-state index contributed by atoms with van der Waals surface area (Å²) in [5.41, 5.74) is 0. The van der Waals surface area contributed by atoms with Gasteiger partial charge in [0.1, 0.15) is 12.2 Å². The molecule has 0 heterocycles. The van der Waals surface area contributed by atoms with E-state index in [4.69, 9.17) is 0 Å². The summed E-state index contributed by atoms with van der Waals surface area (Å²) in [4.78, 5) is 29.1. The zero-order chi connectivity index (χ0) is 7.98. The Morgan fingerprint density at radius 3 is 2.40 bits per heavy atom. The molecule has 10 heavy (non-hydrogen) atoms. The highest BCUT2D eigenvalue weighted by atomic mass is 17.2. The van der Waals surface area contributed by atoms with E-state index in [0.717, 1.165) is 0 Å². The van der Waals surface area contributed by atoms with Crippen molar-refractivity contribution in [2.24, 2.45) is 0 Å². The average molecular weight is 146 g/mol. The molecule has 0 radical (unpaired) electrons. The second-order valence-corrected chi connectivity index (χ2v) is 1.69. The zero-order valence-corrected chi connectivity index (χ0v) is 6.05. The Morgan fingerprint density at radius 2 is 2.00 bits per heavy atom. The molecule has 4 nitrogen and oxygen atoms in total. The number of carbonyl (C=O) groups is 2. The van der Waals surface area contributed by atoms with Crippen molar-refractivity contribution in [3.63, 3.8) is 0 Å². The van der Waals surface area contributed by atoms with Crippen LogP contribution in [0.25, 0.3) is 0 Å². The summed E-state index contributed by atoms with van der Waals surface area (Å²) in [5, 5.41) is 0. The quantitative estimate of drug-likeness (QED) is 0.328. The number of Topliss-reactive ketones (excluding diaryl/α,β-unsaturated/α-hetero) is 1. The summed E-state index contributed by atoms with van der Waals surface area (Å²) in [5.74, 6) is -0.795. The van der Waals surface area contributed by atoms with Gasteiger partial charge >= 0.3 is 5.97 Å². The SMILES string of the molecule is CCC(=O)CC(=O)OOC. The van der Waals surface area contributed by atoms with Gasteiger partial charge in [0.25, 0.3) is 0 Å². The van der Waals surface area contributed by atoms with Crippen molar-refractivity contribution >= 4 is 11.8 Å². The highest BCUT2D eigenvalue weighted by Gasteiger charge is 2.08. The highest BCUT2D eigenvalue weighted by Crippen LogP contribution is 1.91. The van der Waals surface area contributed by atoms with Gasteiger partial charge in [0.15, 0.2) is 0 Å². The molecule has 0 N–H and O–H groups in total. The third-order valence-corrected chi connectivity index (χ3v) is 0.912. The summed E-state index contributed by atoms with van der Waals surface area (Å²) in [6.45, 7) is 1.68. The molecule has 0 aliphatic heterocycles. The molecule has 0 unspecified atom stereocenters. The van der Waals surface area contributed by atoms with Crippen molar-refractivity contribution in [3.05, 3.63) is 0 Å². The van der Waals surface area contributed by atoms with Gasteiger partial charge in [0.2, 0.25) is 0 Å². The predicted octanol–water partition coefficient (Wildman–Crippen LogP) is 0.460. The second kappa shape index (κ2) is 4.93. The van der Waals surface area contributed by atoms with E-state index in [2.05, 4.69) is 9.78 Å². The fourth-order valence-electron chi connectivity index (χ4n) is 0.408. The minimum Gasteiger partial charge on any atom is -0.299 e. The van der Waals surface area contributed by atoms with Gasteiger partial charge in [-0.2, -0.15) is 4.89 Å². The molecule has 0 aromatic carbocycles. The van der Waals surface area contributed by atoms with E-state index >= 15 is 0 Å². The second-order valence-electron chi connectivity index (χ2n) is 1.69. The normalized spacial score (nSPS) is 9.00. The molecule has 0 fully saturated rings. The van der Waals surface area contributed by atoms with Crippen molar-refractivity contribution in [3.8, 4) is 0 Å². The molecular weight excluding hydrogens is 136 g/mol. The Hall–Kier alpha value is -0.900. The van der Waals surface area contributed by atoms with E-state index in [1.807, 2.05) is 0 Å². The maximum Gasteiger partial charge on any atom is 0.349 e. The van der Waals surface area contributed by atoms with Crippen molar-refractivity contribution in [1.29, 1.82) is 0 Å². The zero-order valence-electron chi connectivity index (χ0n) is 6.05. The van der Waals surface area contributed by atoms with Gasteiger partial charge in [-0.1, -0.05) is 6.92 Å². The van der Waals surface area contributed by atoms with E-state index in [-0.39, 0.29) is 12.2 Å². The van der Waals surface area contributed by atoms with E-state index in [9.17, 15) is 9.59 Å². The van der Waals surface area contributed by atoms with Crippen LogP contribution >= 0.6 is 0 Å². The van der Waals surface area contributed by atoms with Crippen LogP contribution in [0.2, 0.25) is 0 Å². The van der Waals surface area contributed by atoms with Crippen LogP contribution in [0.15, 0.2) is 0 Å². The first kappa shape index (κ1) is 9.10. The smallest absolute Gasteiger partial charge is 0.299 e. The van der Waals surface area contributed by atoms with E-state index < -0.39 is 5.97 Å². The molecule has 0 atom stereocenters. The van der Waals surface area contributed by atoms with Crippen LogP contribution in [0, 0.1) is 0 Å². The lowest BCUT2D eigenvalue weighted by molar-refractivity contribution is -0.254. The maximum atomic E-state index is 10.5. The molecule has 4 heteroatoms. The fraction of sp³-hybridized carbons (Fsp3) is 0.667. The van der Waals surface area contributed by atoms with Gasteiger partial charge < -0.3 is 0 Å². The lowest BCUT2D eigenvalue weighted by Crippen LogP contribution is -2.09. The van der Waals surface area contributed by atoms with Crippen LogP contribution in [0.3, 0.4) is 0 Å². The van der Waals surface area contributed by atoms with E-state index in [0.29, 0.717) is 6.42 Å². The largest absolute Gasteiger partial charge is 0.349 e. The number of carbonyl (C=O) groups excluding carboxylic acids is 2. The Kier molecular flexibility index (Phi) is 4.49. The minimum atomic E-state index is -0.644. The fourth-order valence-corrected chi connectivity index (χ4v) is 0.408. The first-order chi connectivity index (χ1) is 4.70. The van der Waals surface area contributed by atoms with Crippen LogP contribution < -0.4 is 0 Å². The number of hydrogen-bond acceptors (Lipinski definition) is 4. The molecule has 0 spiro atoms. The topological polar surface area (TPSA) is 52.6 Å². The van der Waals surface area contributed by atoms with Gasteiger partial charge in [-0.05, 0) is 0 Å². The Balaban J connectivity index is 3.47. The van der Waals surface area contributed by atoms with Crippen molar-refractivity contribution in [2.45, 2.75) is 19.8 Å². The summed E-state index contributed by atoms with van der Waals surface area (Å²) in [6.07, 6.45) is 0.142. The van der Waals surface area contributed by atoms with Crippen LogP contribution in [0.4, 0.5) is 0 Å². The number of rotatable bonds is 4. The third-order valence-electron chi connectivity index (χ3n) is 0.912. The molecule has 0 bridgehead atoms. The molecule has 0 saturated carbocycles. The summed E-state index contributed by atoms with van der Waals surface area (Å²) in [7, 11) is 1.22. The monoisotopic (exact) mass is 146 g/mol.